The Morgan fingerprint density at radius 3 is 2.35 bits per heavy atom. The van der Waals surface area contributed by atoms with E-state index in [2.05, 4.69) is 15.9 Å². The second kappa shape index (κ2) is 7.02. The molecule has 2 nitrogen and oxygen atoms in total. The van der Waals surface area contributed by atoms with Crippen LogP contribution in [0.3, 0.4) is 0 Å². The molecular formula is C16H15BrClNO. The third-order valence-corrected chi connectivity index (χ3v) is 3.97. The molecule has 0 saturated carbocycles. The van der Waals surface area contributed by atoms with Crippen molar-refractivity contribution in [3.63, 3.8) is 0 Å². The van der Waals surface area contributed by atoms with Crippen LogP contribution in [0, 0.1) is 0 Å². The molecule has 0 aliphatic rings. The lowest BCUT2D eigenvalue weighted by atomic mass is 9.99. The molecule has 0 bridgehead atoms. The van der Waals surface area contributed by atoms with Crippen LogP contribution in [0.1, 0.15) is 16.7 Å². The summed E-state index contributed by atoms with van der Waals surface area (Å²) in [6, 6.07) is 13.3. The topological polar surface area (TPSA) is 43.1 Å². The number of benzene rings is 2. The van der Waals surface area contributed by atoms with Crippen molar-refractivity contribution in [1.29, 1.82) is 0 Å². The molecule has 2 rings (SSSR count). The Morgan fingerprint density at radius 2 is 1.70 bits per heavy atom. The van der Waals surface area contributed by atoms with E-state index in [0.29, 0.717) is 24.4 Å². The van der Waals surface area contributed by atoms with E-state index in [9.17, 15) is 4.79 Å². The van der Waals surface area contributed by atoms with Crippen molar-refractivity contribution in [2.45, 2.75) is 19.4 Å². The third-order valence-electron chi connectivity index (χ3n) is 3.13. The zero-order valence-electron chi connectivity index (χ0n) is 10.9. The fraction of sp³-hybridized carbons (Fsp3) is 0.188. The Labute approximate surface area is 132 Å². The van der Waals surface area contributed by atoms with Gasteiger partial charge in [-0.3, -0.25) is 4.79 Å². The molecule has 2 N–H and O–H groups in total. The van der Waals surface area contributed by atoms with Gasteiger partial charge < -0.3 is 5.73 Å². The fourth-order valence-electron chi connectivity index (χ4n) is 2.08. The lowest BCUT2D eigenvalue weighted by Crippen LogP contribution is -2.10. The number of nitrogens with two attached hydrogens (primary N) is 1. The van der Waals surface area contributed by atoms with Crippen LogP contribution in [-0.4, -0.2) is 5.78 Å². The quantitative estimate of drug-likeness (QED) is 0.886. The van der Waals surface area contributed by atoms with Gasteiger partial charge in [0.2, 0.25) is 0 Å². The highest BCUT2D eigenvalue weighted by molar-refractivity contribution is 9.10. The molecule has 2 aromatic carbocycles. The minimum Gasteiger partial charge on any atom is -0.326 e. The van der Waals surface area contributed by atoms with Gasteiger partial charge in [0.05, 0.1) is 0 Å². The highest BCUT2D eigenvalue weighted by Crippen LogP contribution is 2.22. The van der Waals surface area contributed by atoms with Gasteiger partial charge in [-0.25, -0.2) is 0 Å². The van der Waals surface area contributed by atoms with Crippen molar-refractivity contribution in [2.75, 3.05) is 0 Å². The van der Waals surface area contributed by atoms with Crippen LogP contribution in [0.2, 0.25) is 5.02 Å². The van der Waals surface area contributed by atoms with Gasteiger partial charge in [0.15, 0.2) is 0 Å². The highest BCUT2D eigenvalue weighted by Gasteiger charge is 2.10. The first-order valence-electron chi connectivity index (χ1n) is 6.32. The van der Waals surface area contributed by atoms with Crippen LogP contribution in [0.5, 0.6) is 0 Å². The van der Waals surface area contributed by atoms with Gasteiger partial charge >= 0.3 is 0 Å². The van der Waals surface area contributed by atoms with Gasteiger partial charge in [0.1, 0.15) is 5.78 Å². The van der Waals surface area contributed by atoms with Gasteiger partial charge in [-0.15, -0.1) is 0 Å². The predicted molar refractivity (Wildman–Crippen MR) is 85.9 cm³/mol. The van der Waals surface area contributed by atoms with Gasteiger partial charge in [-0.2, -0.15) is 0 Å². The van der Waals surface area contributed by atoms with Crippen molar-refractivity contribution >= 4 is 33.3 Å². The number of halogens is 2. The molecule has 104 valence electrons. The number of ketones is 1. The van der Waals surface area contributed by atoms with E-state index in [4.69, 9.17) is 17.3 Å². The van der Waals surface area contributed by atoms with Crippen molar-refractivity contribution in [2.24, 2.45) is 5.73 Å². The van der Waals surface area contributed by atoms with Crippen LogP contribution in [0.4, 0.5) is 0 Å². The summed E-state index contributed by atoms with van der Waals surface area (Å²) >= 11 is 9.48. The van der Waals surface area contributed by atoms with E-state index in [-0.39, 0.29) is 5.78 Å². The molecule has 0 spiro atoms. The molecular weight excluding hydrogens is 338 g/mol. The average molecular weight is 353 g/mol. The first kappa shape index (κ1) is 15.2. The molecule has 0 aliphatic heterocycles. The summed E-state index contributed by atoms with van der Waals surface area (Å²) in [5.41, 5.74) is 8.54. The van der Waals surface area contributed by atoms with E-state index in [0.717, 1.165) is 21.2 Å². The molecule has 4 heteroatoms. The Hall–Kier alpha value is -1.16. The zero-order valence-corrected chi connectivity index (χ0v) is 13.2. The van der Waals surface area contributed by atoms with Crippen molar-refractivity contribution in [1.82, 2.24) is 0 Å². The van der Waals surface area contributed by atoms with Crippen LogP contribution < -0.4 is 5.73 Å². The molecule has 0 heterocycles. The molecule has 0 aromatic heterocycles. The first-order chi connectivity index (χ1) is 9.60. The van der Waals surface area contributed by atoms with Gasteiger partial charge in [0, 0.05) is 28.9 Å². The molecule has 0 fully saturated rings. The van der Waals surface area contributed by atoms with Gasteiger partial charge in [-0.05, 0) is 28.8 Å². The van der Waals surface area contributed by atoms with Crippen LogP contribution in [0.25, 0.3) is 0 Å². The van der Waals surface area contributed by atoms with E-state index in [1.54, 1.807) is 6.07 Å². The summed E-state index contributed by atoms with van der Waals surface area (Å²) in [6.07, 6.45) is 0.727. The summed E-state index contributed by atoms with van der Waals surface area (Å²) in [7, 11) is 0. The predicted octanol–water partition coefficient (Wildman–Crippen LogP) is 3.92. The minimum absolute atomic E-state index is 0.134. The normalized spacial score (nSPS) is 10.6. The number of hydrogen-bond acceptors (Lipinski definition) is 2. The molecule has 0 amide bonds. The molecule has 0 unspecified atom stereocenters. The molecule has 0 radical (unpaired) electrons. The van der Waals surface area contributed by atoms with Crippen molar-refractivity contribution in [3.8, 4) is 0 Å². The van der Waals surface area contributed by atoms with Crippen LogP contribution in [-0.2, 0) is 24.2 Å². The lowest BCUT2D eigenvalue weighted by molar-refractivity contribution is -0.117. The number of hydrogen-bond donors (Lipinski definition) is 1. The van der Waals surface area contributed by atoms with E-state index in [1.165, 1.54) is 0 Å². The largest absolute Gasteiger partial charge is 0.326 e. The average Bonchev–Trinajstić information content (AvgIpc) is 2.42. The number of Topliss-reactive ketones (excluding diaryl/α,β-unsaturated/α-hetero) is 1. The smallest absolute Gasteiger partial charge is 0.141 e. The molecule has 20 heavy (non-hydrogen) atoms. The Morgan fingerprint density at radius 1 is 1.05 bits per heavy atom. The maximum absolute atomic E-state index is 12.2. The summed E-state index contributed by atoms with van der Waals surface area (Å²) in [6.45, 7) is 0.447. The Kier molecular flexibility index (Phi) is 5.35. The maximum Gasteiger partial charge on any atom is 0.141 e. The maximum atomic E-state index is 12.2. The van der Waals surface area contributed by atoms with Gasteiger partial charge in [-0.1, -0.05) is 57.9 Å². The summed E-state index contributed by atoms with van der Waals surface area (Å²) in [5, 5.41) is 0.611. The number of carbonyl (C=O) groups excluding carboxylic acids is 1. The van der Waals surface area contributed by atoms with Gasteiger partial charge in [0.25, 0.3) is 0 Å². The summed E-state index contributed by atoms with van der Waals surface area (Å²) < 4.78 is 0.909. The molecule has 0 saturated heterocycles. The monoisotopic (exact) mass is 351 g/mol. The molecule has 0 atom stereocenters. The molecule has 2 aromatic rings. The van der Waals surface area contributed by atoms with E-state index in [1.807, 2.05) is 36.4 Å². The molecule has 0 aliphatic carbocycles. The Bertz CT molecular complexity index is 628. The second-order valence-corrected chi connectivity index (χ2v) is 5.92. The van der Waals surface area contributed by atoms with Crippen molar-refractivity contribution in [3.05, 3.63) is 68.7 Å². The fourth-order valence-corrected chi connectivity index (χ4v) is 2.82. The minimum atomic E-state index is 0.134. The van der Waals surface area contributed by atoms with E-state index < -0.39 is 0 Å². The zero-order chi connectivity index (χ0) is 14.5. The van der Waals surface area contributed by atoms with Crippen LogP contribution >= 0.6 is 27.5 Å². The number of rotatable bonds is 5. The SMILES string of the molecule is NCc1ccccc1CC(=O)Cc1ccc(Br)cc1Cl. The second-order valence-electron chi connectivity index (χ2n) is 4.60. The van der Waals surface area contributed by atoms with E-state index >= 15 is 0 Å². The highest BCUT2D eigenvalue weighted by atomic mass is 79.9. The summed E-state index contributed by atoms with van der Waals surface area (Å²) in [4.78, 5) is 12.2. The van der Waals surface area contributed by atoms with Crippen molar-refractivity contribution < 1.29 is 4.79 Å². The first-order valence-corrected chi connectivity index (χ1v) is 7.49. The standard InChI is InChI=1S/C16H15BrClNO/c17-14-6-5-12(16(18)9-14)8-15(20)7-11-3-1-2-4-13(11)10-19/h1-6,9H,7-8,10,19H2. The Balaban J connectivity index is 2.09. The van der Waals surface area contributed by atoms with Crippen LogP contribution in [0.15, 0.2) is 46.9 Å². The lowest BCUT2D eigenvalue weighted by Gasteiger charge is -2.08. The third kappa shape index (κ3) is 3.92. The summed E-state index contributed by atoms with van der Waals surface area (Å²) in [5.74, 6) is 0.134. The number of carbonyl (C=O) groups is 1.